The first-order valence-corrected chi connectivity index (χ1v) is 8.95. The van der Waals surface area contributed by atoms with Crippen molar-refractivity contribution in [3.05, 3.63) is 108 Å². The molecule has 0 N–H and O–H groups in total. The molecule has 1 atom stereocenters. The molecule has 0 radical (unpaired) electrons. The van der Waals surface area contributed by atoms with Crippen molar-refractivity contribution in [3.63, 3.8) is 0 Å². The van der Waals surface area contributed by atoms with Crippen molar-refractivity contribution in [2.24, 2.45) is 0 Å². The zero-order valence-electron chi connectivity index (χ0n) is 15.1. The number of nitriles is 1. The Morgan fingerprint density at radius 3 is 2.43 bits per heavy atom. The molecular weight excluding hydrogens is 346 g/mol. The van der Waals surface area contributed by atoms with Crippen molar-refractivity contribution in [1.29, 1.82) is 5.26 Å². The Labute approximate surface area is 163 Å². The van der Waals surface area contributed by atoms with Gasteiger partial charge < -0.3 is 9.69 Å². The second-order valence-corrected chi connectivity index (χ2v) is 6.38. The highest BCUT2D eigenvalue weighted by molar-refractivity contribution is 5.99. The number of carbonyl (C=O) groups is 1. The van der Waals surface area contributed by atoms with E-state index in [4.69, 9.17) is 0 Å². The lowest BCUT2D eigenvalue weighted by atomic mass is 9.88. The lowest BCUT2D eigenvalue weighted by Gasteiger charge is -2.32. The molecule has 0 saturated heterocycles. The Morgan fingerprint density at radius 1 is 0.964 bits per heavy atom. The maximum atomic E-state index is 12.1. The second kappa shape index (κ2) is 7.73. The number of rotatable bonds is 4. The molecule has 134 valence electrons. The van der Waals surface area contributed by atoms with Crippen LogP contribution in [-0.4, -0.2) is 17.3 Å². The van der Waals surface area contributed by atoms with Crippen molar-refractivity contribution in [2.75, 3.05) is 4.90 Å². The fraction of sp³-hybridized carbons (Fsp3) is 0.0417. The molecule has 0 amide bonds. The van der Waals surface area contributed by atoms with Gasteiger partial charge in [-0.2, -0.15) is 5.26 Å². The van der Waals surface area contributed by atoms with Gasteiger partial charge in [-0.3, -0.25) is 0 Å². The molecule has 4 nitrogen and oxygen atoms in total. The first kappa shape index (κ1) is 17.4. The summed E-state index contributed by atoms with van der Waals surface area (Å²) in [4.78, 5) is 18.4. The van der Waals surface area contributed by atoms with E-state index in [2.05, 4.69) is 11.1 Å². The summed E-state index contributed by atoms with van der Waals surface area (Å²) >= 11 is 0. The predicted molar refractivity (Wildman–Crippen MR) is 110 cm³/mol. The van der Waals surface area contributed by atoms with Crippen molar-refractivity contribution >= 4 is 23.3 Å². The SMILES string of the molecule is N#Cc1ccccc1C1=CC(c2ccccc2)=CN(c2ccccn2)C1C=O. The fourth-order valence-electron chi connectivity index (χ4n) is 3.38. The second-order valence-electron chi connectivity index (χ2n) is 6.38. The number of carbonyl (C=O) groups excluding carboxylic acids is 1. The lowest BCUT2D eigenvalue weighted by Crippen LogP contribution is -2.36. The van der Waals surface area contributed by atoms with Gasteiger partial charge in [0.2, 0.25) is 0 Å². The summed E-state index contributed by atoms with van der Waals surface area (Å²) in [6, 6.07) is 24.6. The van der Waals surface area contributed by atoms with Gasteiger partial charge in [0.1, 0.15) is 18.1 Å². The van der Waals surface area contributed by atoms with Crippen LogP contribution in [-0.2, 0) is 4.79 Å². The average Bonchev–Trinajstić information content (AvgIpc) is 2.79. The Hall–Kier alpha value is -3.97. The molecule has 0 aliphatic carbocycles. The minimum absolute atomic E-state index is 0.538. The van der Waals surface area contributed by atoms with Crippen molar-refractivity contribution < 1.29 is 4.79 Å². The summed E-state index contributed by atoms with van der Waals surface area (Å²) in [6.07, 6.45) is 6.53. The molecule has 1 aromatic heterocycles. The molecule has 4 rings (SSSR count). The predicted octanol–water partition coefficient (Wildman–Crippen LogP) is 4.47. The van der Waals surface area contributed by atoms with Crippen LogP contribution in [0.1, 0.15) is 16.7 Å². The van der Waals surface area contributed by atoms with Crippen molar-refractivity contribution in [3.8, 4) is 6.07 Å². The molecule has 2 heterocycles. The molecule has 0 spiro atoms. The summed E-state index contributed by atoms with van der Waals surface area (Å²) in [5.74, 6) is 0.674. The molecule has 3 aromatic rings. The quantitative estimate of drug-likeness (QED) is 0.642. The highest BCUT2D eigenvalue weighted by Gasteiger charge is 2.28. The molecular formula is C24H17N3O. The zero-order valence-corrected chi connectivity index (χ0v) is 15.1. The largest absolute Gasteiger partial charge is 0.318 e. The summed E-state index contributed by atoms with van der Waals surface area (Å²) in [7, 11) is 0. The number of allylic oxidation sites excluding steroid dienone is 2. The highest BCUT2D eigenvalue weighted by Crippen LogP contribution is 2.35. The monoisotopic (exact) mass is 363 g/mol. The number of aldehydes is 1. The first-order chi connectivity index (χ1) is 13.8. The van der Waals surface area contributed by atoms with Gasteiger partial charge >= 0.3 is 0 Å². The van der Waals surface area contributed by atoms with Crippen LogP contribution in [0.5, 0.6) is 0 Å². The summed E-state index contributed by atoms with van der Waals surface area (Å²) in [6.45, 7) is 0. The Balaban J connectivity index is 1.93. The van der Waals surface area contributed by atoms with Crippen molar-refractivity contribution in [2.45, 2.75) is 6.04 Å². The van der Waals surface area contributed by atoms with Crippen LogP contribution >= 0.6 is 0 Å². The Bertz CT molecular complexity index is 1100. The number of anilines is 1. The van der Waals surface area contributed by atoms with E-state index in [0.29, 0.717) is 11.4 Å². The van der Waals surface area contributed by atoms with E-state index in [1.54, 1.807) is 12.3 Å². The molecule has 2 aromatic carbocycles. The normalized spacial score (nSPS) is 16.0. The average molecular weight is 363 g/mol. The van der Waals surface area contributed by atoms with Gasteiger partial charge in [-0.15, -0.1) is 0 Å². The number of benzene rings is 2. The molecule has 1 aliphatic heterocycles. The molecule has 0 fully saturated rings. The fourth-order valence-corrected chi connectivity index (χ4v) is 3.38. The van der Waals surface area contributed by atoms with Crippen LogP contribution in [0.2, 0.25) is 0 Å². The third kappa shape index (κ3) is 3.22. The Morgan fingerprint density at radius 2 is 1.71 bits per heavy atom. The number of aromatic nitrogens is 1. The van der Waals surface area contributed by atoms with Gasteiger partial charge in [0, 0.05) is 12.4 Å². The molecule has 0 bridgehead atoms. The molecule has 28 heavy (non-hydrogen) atoms. The molecule has 4 heteroatoms. The minimum Gasteiger partial charge on any atom is -0.318 e. The smallest absolute Gasteiger partial charge is 0.147 e. The van der Waals surface area contributed by atoms with Gasteiger partial charge in [-0.25, -0.2) is 4.98 Å². The van der Waals surface area contributed by atoms with Crippen LogP contribution in [0.4, 0.5) is 5.82 Å². The summed E-state index contributed by atoms with van der Waals surface area (Å²) in [5.41, 5.74) is 4.05. The number of hydrogen-bond donors (Lipinski definition) is 0. The van der Waals surface area contributed by atoms with Crippen LogP contribution in [0.3, 0.4) is 0 Å². The van der Waals surface area contributed by atoms with E-state index >= 15 is 0 Å². The molecule has 1 aliphatic rings. The van der Waals surface area contributed by atoms with Crippen LogP contribution in [0, 0.1) is 11.3 Å². The third-order valence-corrected chi connectivity index (χ3v) is 4.72. The molecule has 0 saturated carbocycles. The van der Waals surface area contributed by atoms with Crippen LogP contribution < -0.4 is 4.90 Å². The topological polar surface area (TPSA) is 57.0 Å². The number of hydrogen-bond acceptors (Lipinski definition) is 4. The summed E-state index contributed by atoms with van der Waals surface area (Å²) in [5, 5.41) is 9.57. The third-order valence-electron chi connectivity index (χ3n) is 4.72. The van der Waals surface area contributed by atoms with E-state index in [-0.39, 0.29) is 0 Å². The van der Waals surface area contributed by atoms with E-state index in [0.717, 1.165) is 28.6 Å². The van der Waals surface area contributed by atoms with E-state index < -0.39 is 6.04 Å². The van der Waals surface area contributed by atoms with Gasteiger partial charge in [0.05, 0.1) is 11.6 Å². The van der Waals surface area contributed by atoms with Gasteiger partial charge in [-0.05, 0) is 46.5 Å². The lowest BCUT2D eigenvalue weighted by molar-refractivity contribution is -0.107. The minimum atomic E-state index is -0.572. The number of pyridine rings is 1. The zero-order chi connectivity index (χ0) is 19.3. The van der Waals surface area contributed by atoms with Crippen molar-refractivity contribution in [1.82, 2.24) is 4.98 Å². The van der Waals surface area contributed by atoms with Gasteiger partial charge in [0.15, 0.2) is 0 Å². The van der Waals surface area contributed by atoms with Gasteiger partial charge in [0.25, 0.3) is 0 Å². The van der Waals surface area contributed by atoms with E-state index in [1.165, 1.54) is 0 Å². The van der Waals surface area contributed by atoms with E-state index in [9.17, 15) is 10.1 Å². The van der Waals surface area contributed by atoms with Crippen LogP contribution in [0.15, 0.2) is 91.3 Å². The highest BCUT2D eigenvalue weighted by atomic mass is 16.1. The maximum Gasteiger partial charge on any atom is 0.147 e. The Kier molecular flexibility index (Phi) is 4.81. The molecule has 1 unspecified atom stereocenters. The number of nitrogens with zero attached hydrogens (tertiary/aromatic N) is 3. The maximum absolute atomic E-state index is 12.1. The van der Waals surface area contributed by atoms with Gasteiger partial charge in [-0.1, -0.05) is 54.6 Å². The van der Waals surface area contributed by atoms with Crippen LogP contribution in [0.25, 0.3) is 11.1 Å². The standard InChI is InChI=1S/C24H17N3O/c25-15-19-10-4-5-11-21(19)22-14-20(18-8-2-1-3-9-18)16-27(23(22)17-28)24-12-6-7-13-26-24/h1-14,16-17,23H. The van der Waals surface area contributed by atoms with E-state index in [1.807, 2.05) is 83.9 Å². The first-order valence-electron chi connectivity index (χ1n) is 8.95. The summed E-state index contributed by atoms with van der Waals surface area (Å²) < 4.78 is 0.